The van der Waals surface area contributed by atoms with Gasteiger partial charge in [-0.3, -0.25) is 4.79 Å². The van der Waals surface area contributed by atoms with Gasteiger partial charge in [0.25, 0.3) is 0 Å². The van der Waals surface area contributed by atoms with Crippen LogP contribution in [0.25, 0.3) is 0 Å². The van der Waals surface area contributed by atoms with Crippen molar-refractivity contribution < 1.29 is 19.1 Å². The number of unbranched alkanes of at least 4 members (excludes halogenated alkanes) is 1. The molecule has 4 heteroatoms. The summed E-state index contributed by atoms with van der Waals surface area (Å²) in [5.74, 6) is 0.637. The van der Waals surface area contributed by atoms with Crippen molar-refractivity contribution in [1.29, 1.82) is 0 Å². The number of aryl methyl sites for hydroxylation is 1. The third kappa shape index (κ3) is 5.55. The number of esters is 1. The fourth-order valence-corrected chi connectivity index (χ4v) is 2.73. The first-order chi connectivity index (χ1) is 14.1. The Hall–Kier alpha value is -3.40. The second-order valence-electron chi connectivity index (χ2n) is 6.84. The molecule has 0 radical (unpaired) electrons. The highest BCUT2D eigenvalue weighted by Crippen LogP contribution is 2.19. The van der Waals surface area contributed by atoms with Gasteiger partial charge in [-0.1, -0.05) is 55.3 Å². The van der Waals surface area contributed by atoms with Crippen LogP contribution in [0, 0.1) is 6.92 Å². The smallest absolute Gasteiger partial charge is 0.343 e. The van der Waals surface area contributed by atoms with Gasteiger partial charge in [-0.25, -0.2) is 4.79 Å². The molecule has 0 aliphatic heterocycles. The van der Waals surface area contributed by atoms with Crippen LogP contribution in [0.2, 0.25) is 0 Å². The van der Waals surface area contributed by atoms with Gasteiger partial charge >= 0.3 is 5.97 Å². The number of rotatable bonds is 8. The summed E-state index contributed by atoms with van der Waals surface area (Å²) in [5.41, 5.74) is 2.63. The largest absolute Gasteiger partial charge is 0.494 e. The van der Waals surface area contributed by atoms with E-state index in [1.54, 1.807) is 60.7 Å². The van der Waals surface area contributed by atoms with Gasteiger partial charge in [0.15, 0.2) is 5.78 Å². The van der Waals surface area contributed by atoms with E-state index < -0.39 is 5.97 Å². The Balaban J connectivity index is 1.61. The van der Waals surface area contributed by atoms with Gasteiger partial charge in [0.05, 0.1) is 12.2 Å². The number of carbonyl (C=O) groups is 2. The lowest BCUT2D eigenvalue weighted by Crippen LogP contribution is -2.09. The molecule has 0 fully saturated rings. The van der Waals surface area contributed by atoms with Crippen molar-refractivity contribution in [2.75, 3.05) is 6.61 Å². The molecule has 0 aliphatic carbocycles. The zero-order valence-electron chi connectivity index (χ0n) is 16.7. The standard InChI is InChI=1S/C25H24O4/c1-3-4-17-28-22-13-15-23(16-14-22)29-25(27)21-11-9-20(10-12-21)24(26)19-7-5-18(2)6-8-19/h5-16H,3-4,17H2,1-2H3. The van der Waals surface area contributed by atoms with Gasteiger partial charge in [-0.15, -0.1) is 0 Å². The van der Waals surface area contributed by atoms with Crippen LogP contribution in [0.15, 0.2) is 72.8 Å². The predicted molar refractivity (Wildman–Crippen MR) is 113 cm³/mol. The minimum atomic E-state index is -0.473. The minimum absolute atomic E-state index is 0.0800. The molecular weight excluding hydrogens is 364 g/mol. The fourth-order valence-electron chi connectivity index (χ4n) is 2.73. The molecule has 0 amide bonds. The summed E-state index contributed by atoms with van der Waals surface area (Å²) in [6, 6.07) is 20.9. The van der Waals surface area contributed by atoms with Crippen molar-refractivity contribution in [1.82, 2.24) is 0 Å². The topological polar surface area (TPSA) is 52.6 Å². The summed E-state index contributed by atoms with van der Waals surface area (Å²) in [5, 5.41) is 0. The zero-order chi connectivity index (χ0) is 20.6. The summed E-state index contributed by atoms with van der Waals surface area (Å²) in [6.07, 6.45) is 2.07. The Kier molecular flexibility index (Phi) is 6.80. The first kappa shape index (κ1) is 20.3. The Labute approximate surface area is 171 Å². The van der Waals surface area contributed by atoms with Gasteiger partial charge in [0, 0.05) is 11.1 Å². The van der Waals surface area contributed by atoms with Gasteiger partial charge < -0.3 is 9.47 Å². The highest BCUT2D eigenvalue weighted by molar-refractivity contribution is 6.09. The average molecular weight is 388 g/mol. The van der Waals surface area contributed by atoms with Crippen LogP contribution in [0.3, 0.4) is 0 Å². The van der Waals surface area contributed by atoms with E-state index in [0.717, 1.165) is 24.2 Å². The van der Waals surface area contributed by atoms with Gasteiger partial charge in [0.1, 0.15) is 11.5 Å². The number of ketones is 1. The first-order valence-corrected chi connectivity index (χ1v) is 9.73. The van der Waals surface area contributed by atoms with Crippen molar-refractivity contribution in [3.05, 3.63) is 95.1 Å². The number of hydrogen-bond donors (Lipinski definition) is 0. The lowest BCUT2D eigenvalue weighted by molar-refractivity contribution is 0.0734. The van der Waals surface area contributed by atoms with Crippen LogP contribution in [0.4, 0.5) is 0 Å². The molecule has 3 rings (SSSR count). The molecule has 0 atom stereocenters. The molecule has 0 N–H and O–H groups in total. The SMILES string of the molecule is CCCCOc1ccc(OC(=O)c2ccc(C(=O)c3ccc(C)cc3)cc2)cc1. The summed E-state index contributed by atoms with van der Waals surface area (Å²) in [7, 11) is 0. The number of benzene rings is 3. The van der Waals surface area contributed by atoms with Crippen molar-refractivity contribution in [2.24, 2.45) is 0 Å². The van der Waals surface area contributed by atoms with Gasteiger partial charge in [-0.05, 0) is 49.7 Å². The first-order valence-electron chi connectivity index (χ1n) is 9.73. The molecule has 0 unspecified atom stereocenters. The Morgan fingerprint density at radius 2 is 1.24 bits per heavy atom. The van der Waals surface area contributed by atoms with Crippen LogP contribution in [-0.4, -0.2) is 18.4 Å². The van der Waals surface area contributed by atoms with Crippen LogP contribution >= 0.6 is 0 Å². The molecule has 29 heavy (non-hydrogen) atoms. The van der Waals surface area contributed by atoms with E-state index in [4.69, 9.17) is 9.47 Å². The molecule has 4 nitrogen and oxygen atoms in total. The molecule has 0 heterocycles. The summed E-state index contributed by atoms with van der Waals surface area (Å²) >= 11 is 0. The third-order valence-electron chi connectivity index (χ3n) is 4.50. The lowest BCUT2D eigenvalue weighted by Gasteiger charge is -2.08. The van der Waals surface area contributed by atoms with Crippen molar-refractivity contribution >= 4 is 11.8 Å². The summed E-state index contributed by atoms with van der Waals surface area (Å²) in [6.45, 7) is 4.75. The Morgan fingerprint density at radius 3 is 1.83 bits per heavy atom. The van der Waals surface area contributed by atoms with E-state index in [-0.39, 0.29) is 5.78 Å². The quantitative estimate of drug-likeness (QED) is 0.217. The third-order valence-corrected chi connectivity index (χ3v) is 4.50. The second kappa shape index (κ2) is 9.69. The maximum Gasteiger partial charge on any atom is 0.343 e. The zero-order valence-corrected chi connectivity index (χ0v) is 16.7. The molecule has 3 aromatic rings. The minimum Gasteiger partial charge on any atom is -0.494 e. The van der Waals surface area contributed by atoms with E-state index in [9.17, 15) is 9.59 Å². The van der Waals surface area contributed by atoms with Crippen LogP contribution < -0.4 is 9.47 Å². The van der Waals surface area contributed by atoms with E-state index in [1.165, 1.54) is 0 Å². The van der Waals surface area contributed by atoms with Gasteiger partial charge in [0.2, 0.25) is 0 Å². The molecule has 0 bridgehead atoms. The maximum absolute atomic E-state index is 12.5. The summed E-state index contributed by atoms with van der Waals surface area (Å²) in [4.78, 5) is 24.9. The van der Waals surface area contributed by atoms with Crippen LogP contribution in [0.1, 0.15) is 51.6 Å². The normalized spacial score (nSPS) is 10.4. The van der Waals surface area contributed by atoms with Crippen molar-refractivity contribution in [2.45, 2.75) is 26.7 Å². The maximum atomic E-state index is 12.5. The van der Waals surface area contributed by atoms with Gasteiger partial charge in [-0.2, -0.15) is 0 Å². The van der Waals surface area contributed by atoms with E-state index in [2.05, 4.69) is 6.92 Å². The molecule has 0 aromatic heterocycles. The van der Waals surface area contributed by atoms with Crippen LogP contribution in [0.5, 0.6) is 11.5 Å². The molecule has 3 aromatic carbocycles. The predicted octanol–water partition coefficient (Wildman–Crippen LogP) is 5.62. The van der Waals surface area contributed by atoms with Crippen LogP contribution in [-0.2, 0) is 0 Å². The lowest BCUT2D eigenvalue weighted by atomic mass is 10.0. The molecule has 0 spiro atoms. The van der Waals surface area contributed by atoms with E-state index >= 15 is 0 Å². The molecule has 0 aliphatic rings. The average Bonchev–Trinajstić information content (AvgIpc) is 2.75. The molecule has 0 saturated heterocycles. The monoisotopic (exact) mass is 388 g/mol. The molecule has 0 saturated carbocycles. The van der Waals surface area contributed by atoms with E-state index in [1.807, 2.05) is 19.1 Å². The Bertz CT molecular complexity index is 955. The van der Waals surface area contributed by atoms with E-state index in [0.29, 0.717) is 29.0 Å². The number of hydrogen-bond acceptors (Lipinski definition) is 4. The Morgan fingerprint density at radius 1 is 0.724 bits per heavy atom. The molecular formula is C25H24O4. The van der Waals surface area contributed by atoms with Crippen molar-refractivity contribution in [3.63, 3.8) is 0 Å². The number of ether oxygens (including phenoxy) is 2. The number of carbonyl (C=O) groups excluding carboxylic acids is 2. The highest BCUT2D eigenvalue weighted by Gasteiger charge is 2.12. The molecule has 148 valence electrons. The summed E-state index contributed by atoms with van der Waals surface area (Å²) < 4.78 is 11.0. The van der Waals surface area contributed by atoms with Crippen molar-refractivity contribution in [3.8, 4) is 11.5 Å². The second-order valence-corrected chi connectivity index (χ2v) is 6.84. The fraction of sp³-hybridized carbons (Fsp3) is 0.200. The highest BCUT2D eigenvalue weighted by atomic mass is 16.5.